The number of nitrogens with one attached hydrogen (secondary N) is 1. The van der Waals surface area contributed by atoms with Crippen LogP contribution in [-0.2, 0) is 14.8 Å². The molecule has 0 aliphatic heterocycles. The SMILES string of the molecule is CCCC(=O)NCCN(c1ccc(F)c(F)c1)S(C)(=O)=O. The second-order valence-electron chi connectivity index (χ2n) is 4.53. The predicted octanol–water partition coefficient (Wildman–Crippen LogP) is 1.65. The second kappa shape index (κ2) is 7.35. The molecular formula is C13H18F2N2O3S. The molecule has 0 radical (unpaired) electrons. The van der Waals surface area contributed by atoms with E-state index in [-0.39, 0.29) is 24.7 Å². The molecule has 1 N–H and O–H groups in total. The number of sulfonamides is 1. The third-order valence-electron chi connectivity index (χ3n) is 2.71. The fourth-order valence-corrected chi connectivity index (χ4v) is 2.66. The fraction of sp³-hybridized carbons (Fsp3) is 0.462. The average molecular weight is 320 g/mol. The Hall–Kier alpha value is -1.70. The van der Waals surface area contributed by atoms with Crippen LogP contribution in [0.4, 0.5) is 14.5 Å². The zero-order chi connectivity index (χ0) is 16.0. The second-order valence-corrected chi connectivity index (χ2v) is 6.44. The van der Waals surface area contributed by atoms with Crippen molar-refractivity contribution in [1.82, 2.24) is 5.32 Å². The van der Waals surface area contributed by atoms with E-state index in [1.54, 1.807) is 0 Å². The molecule has 0 fully saturated rings. The van der Waals surface area contributed by atoms with Gasteiger partial charge < -0.3 is 5.32 Å². The first-order chi connectivity index (χ1) is 9.75. The molecule has 1 rings (SSSR count). The van der Waals surface area contributed by atoms with Gasteiger partial charge in [-0.25, -0.2) is 17.2 Å². The number of carbonyl (C=O) groups is 1. The maximum atomic E-state index is 13.2. The van der Waals surface area contributed by atoms with Crippen LogP contribution in [0.15, 0.2) is 18.2 Å². The monoisotopic (exact) mass is 320 g/mol. The van der Waals surface area contributed by atoms with Crippen LogP contribution >= 0.6 is 0 Å². The Kier molecular flexibility index (Phi) is 6.07. The molecule has 0 aliphatic carbocycles. The van der Waals surface area contributed by atoms with Crippen molar-refractivity contribution in [1.29, 1.82) is 0 Å². The number of hydrogen-bond acceptors (Lipinski definition) is 3. The lowest BCUT2D eigenvalue weighted by Crippen LogP contribution is -2.38. The summed E-state index contributed by atoms with van der Waals surface area (Å²) in [5.74, 6) is -2.36. The Morgan fingerprint density at radius 2 is 1.95 bits per heavy atom. The molecule has 0 bridgehead atoms. The number of benzene rings is 1. The summed E-state index contributed by atoms with van der Waals surface area (Å²) in [5.41, 5.74) is 0.0149. The lowest BCUT2D eigenvalue weighted by Gasteiger charge is -2.22. The molecule has 0 unspecified atom stereocenters. The Balaban J connectivity index is 2.82. The van der Waals surface area contributed by atoms with Crippen LogP contribution in [0, 0.1) is 11.6 Å². The molecule has 0 saturated carbocycles. The summed E-state index contributed by atoms with van der Waals surface area (Å²) in [6.45, 7) is 1.88. The van der Waals surface area contributed by atoms with E-state index in [1.165, 1.54) is 6.07 Å². The van der Waals surface area contributed by atoms with E-state index >= 15 is 0 Å². The fourth-order valence-electron chi connectivity index (χ4n) is 1.74. The van der Waals surface area contributed by atoms with Crippen LogP contribution in [0.2, 0.25) is 0 Å². The van der Waals surface area contributed by atoms with Crippen molar-refractivity contribution in [2.24, 2.45) is 0 Å². The van der Waals surface area contributed by atoms with Gasteiger partial charge in [0.1, 0.15) is 0 Å². The van der Waals surface area contributed by atoms with Gasteiger partial charge in [-0.3, -0.25) is 9.10 Å². The smallest absolute Gasteiger partial charge is 0.232 e. The van der Waals surface area contributed by atoms with Crippen molar-refractivity contribution in [2.45, 2.75) is 19.8 Å². The number of amides is 1. The lowest BCUT2D eigenvalue weighted by atomic mass is 10.3. The highest BCUT2D eigenvalue weighted by Crippen LogP contribution is 2.20. The summed E-state index contributed by atoms with van der Waals surface area (Å²) in [7, 11) is -3.66. The lowest BCUT2D eigenvalue weighted by molar-refractivity contribution is -0.121. The maximum absolute atomic E-state index is 13.2. The molecule has 21 heavy (non-hydrogen) atoms. The Labute approximate surface area is 123 Å². The van der Waals surface area contributed by atoms with E-state index in [0.717, 1.165) is 22.7 Å². The first-order valence-electron chi connectivity index (χ1n) is 6.45. The minimum Gasteiger partial charge on any atom is -0.354 e. The van der Waals surface area contributed by atoms with Crippen molar-refractivity contribution in [3.63, 3.8) is 0 Å². The zero-order valence-electron chi connectivity index (χ0n) is 11.9. The number of halogens is 2. The molecule has 0 atom stereocenters. The summed E-state index contributed by atoms with van der Waals surface area (Å²) in [4.78, 5) is 11.3. The average Bonchev–Trinajstić information content (AvgIpc) is 2.37. The quantitative estimate of drug-likeness (QED) is 0.831. The van der Waals surface area contributed by atoms with Gasteiger partial charge in [-0.15, -0.1) is 0 Å². The predicted molar refractivity (Wildman–Crippen MR) is 76.5 cm³/mol. The number of carbonyl (C=O) groups excluding carboxylic acids is 1. The molecule has 5 nitrogen and oxygen atoms in total. The van der Waals surface area contributed by atoms with Crippen LogP contribution in [0.3, 0.4) is 0 Å². The third-order valence-corrected chi connectivity index (χ3v) is 3.90. The molecule has 118 valence electrons. The van der Waals surface area contributed by atoms with Crippen LogP contribution in [-0.4, -0.2) is 33.7 Å². The first-order valence-corrected chi connectivity index (χ1v) is 8.30. The Morgan fingerprint density at radius 1 is 1.29 bits per heavy atom. The summed E-state index contributed by atoms with van der Waals surface area (Å²) in [5, 5.41) is 2.57. The van der Waals surface area contributed by atoms with Crippen LogP contribution < -0.4 is 9.62 Å². The summed E-state index contributed by atoms with van der Waals surface area (Å²) >= 11 is 0. The number of nitrogens with zero attached hydrogens (tertiary/aromatic N) is 1. The van der Waals surface area contributed by atoms with Gasteiger partial charge in [-0.2, -0.15) is 0 Å². The Morgan fingerprint density at radius 3 is 2.48 bits per heavy atom. The van der Waals surface area contributed by atoms with Crippen molar-refractivity contribution >= 4 is 21.6 Å². The Bertz CT molecular complexity index is 605. The molecule has 0 heterocycles. The van der Waals surface area contributed by atoms with Gasteiger partial charge in [0.2, 0.25) is 15.9 Å². The van der Waals surface area contributed by atoms with E-state index in [4.69, 9.17) is 0 Å². The van der Waals surface area contributed by atoms with Crippen molar-refractivity contribution in [3.8, 4) is 0 Å². The maximum Gasteiger partial charge on any atom is 0.232 e. The molecule has 0 aromatic heterocycles. The van der Waals surface area contributed by atoms with Gasteiger partial charge in [-0.05, 0) is 18.6 Å². The van der Waals surface area contributed by atoms with Gasteiger partial charge in [0.15, 0.2) is 11.6 Å². The molecular weight excluding hydrogens is 302 g/mol. The van der Waals surface area contributed by atoms with Gasteiger partial charge in [-0.1, -0.05) is 6.92 Å². The topological polar surface area (TPSA) is 66.5 Å². The van der Waals surface area contributed by atoms with Gasteiger partial charge >= 0.3 is 0 Å². The minimum atomic E-state index is -3.66. The molecule has 0 spiro atoms. The van der Waals surface area contributed by atoms with Gasteiger partial charge in [0, 0.05) is 19.0 Å². The largest absolute Gasteiger partial charge is 0.354 e. The van der Waals surface area contributed by atoms with E-state index in [0.29, 0.717) is 12.8 Å². The molecule has 1 aromatic carbocycles. The van der Waals surface area contributed by atoms with E-state index in [1.807, 2.05) is 6.92 Å². The molecule has 1 aromatic rings. The van der Waals surface area contributed by atoms with Crippen molar-refractivity contribution in [2.75, 3.05) is 23.7 Å². The van der Waals surface area contributed by atoms with E-state index in [9.17, 15) is 22.0 Å². The molecule has 0 aliphatic rings. The zero-order valence-corrected chi connectivity index (χ0v) is 12.7. The number of anilines is 1. The van der Waals surface area contributed by atoms with Crippen molar-refractivity contribution in [3.05, 3.63) is 29.8 Å². The third kappa shape index (κ3) is 5.30. The van der Waals surface area contributed by atoms with E-state index in [2.05, 4.69) is 5.32 Å². The number of hydrogen-bond donors (Lipinski definition) is 1. The summed E-state index contributed by atoms with van der Waals surface area (Å²) in [6.07, 6.45) is 2.00. The highest BCUT2D eigenvalue weighted by atomic mass is 32.2. The molecule has 0 saturated heterocycles. The van der Waals surface area contributed by atoms with Gasteiger partial charge in [0.25, 0.3) is 0 Å². The molecule has 8 heteroatoms. The highest BCUT2D eigenvalue weighted by molar-refractivity contribution is 7.92. The van der Waals surface area contributed by atoms with Crippen LogP contribution in [0.5, 0.6) is 0 Å². The van der Waals surface area contributed by atoms with Crippen LogP contribution in [0.25, 0.3) is 0 Å². The van der Waals surface area contributed by atoms with Crippen LogP contribution in [0.1, 0.15) is 19.8 Å². The highest BCUT2D eigenvalue weighted by Gasteiger charge is 2.18. The number of rotatable bonds is 7. The summed E-state index contributed by atoms with van der Waals surface area (Å²) < 4.78 is 50.5. The minimum absolute atomic E-state index is 0.0149. The standard InChI is InChI=1S/C13H18F2N2O3S/c1-3-4-13(18)16-7-8-17(21(2,19)20)10-5-6-11(14)12(15)9-10/h5-6,9H,3-4,7-8H2,1-2H3,(H,16,18). The normalized spacial score (nSPS) is 11.2. The van der Waals surface area contributed by atoms with E-state index < -0.39 is 21.7 Å². The van der Waals surface area contributed by atoms with Gasteiger partial charge in [0.05, 0.1) is 18.5 Å². The first kappa shape index (κ1) is 17.4. The molecule has 1 amide bonds. The summed E-state index contributed by atoms with van der Waals surface area (Å²) in [6, 6.07) is 2.84. The van der Waals surface area contributed by atoms with Crippen molar-refractivity contribution < 1.29 is 22.0 Å².